The minimum atomic E-state index is -0.518. The molecule has 1 unspecified atom stereocenters. The van der Waals surface area contributed by atoms with Gasteiger partial charge in [-0.15, -0.1) is 0 Å². The Bertz CT molecular complexity index is 579. The van der Waals surface area contributed by atoms with Gasteiger partial charge in [-0.05, 0) is 51.3 Å². The van der Waals surface area contributed by atoms with E-state index < -0.39 is 10.7 Å². The summed E-state index contributed by atoms with van der Waals surface area (Å²) < 4.78 is 14.4. The summed E-state index contributed by atoms with van der Waals surface area (Å²) in [5.74, 6) is -0.455. The van der Waals surface area contributed by atoms with Gasteiger partial charge in [0, 0.05) is 25.2 Å². The lowest BCUT2D eigenvalue weighted by Crippen LogP contribution is -2.35. The van der Waals surface area contributed by atoms with Gasteiger partial charge < -0.3 is 9.80 Å². The first-order valence-electron chi connectivity index (χ1n) is 7.98. The molecular formula is C16H22FN3O2. The van der Waals surface area contributed by atoms with E-state index in [0.717, 1.165) is 44.1 Å². The van der Waals surface area contributed by atoms with E-state index in [1.165, 1.54) is 18.9 Å². The number of hydrogen-bond donors (Lipinski definition) is 0. The second-order valence-electron chi connectivity index (χ2n) is 6.35. The van der Waals surface area contributed by atoms with Gasteiger partial charge in [0.05, 0.1) is 16.7 Å². The highest BCUT2D eigenvalue weighted by Gasteiger charge is 2.26. The van der Waals surface area contributed by atoms with Crippen molar-refractivity contribution in [2.75, 3.05) is 31.6 Å². The minimum absolute atomic E-state index is 0.145. The van der Waals surface area contributed by atoms with Gasteiger partial charge in [-0.25, -0.2) is 4.39 Å². The number of hydrogen-bond acceptors (Lipinski definition) is 4. The molecule has 0 spiro atoms. The molecule has 0 aromatic heterocycles. The lowest BCUT2D eigenvalue weighted by molar-refractivity contribution is -0.385. The molecule has 1 aromatic carbocycles. The molecule has 1 saturated heterocycles. The van der Waals surface area contributed by atoms with Crippen molar-refractivity contribution in [3.8, 4) is 0 Å². The number of non-ortho nitro benzene ring substituents is 1. The van der Waals surface area contributed by atoms with E-state index in [9.17, 15) is 14.5 Å². The van der Waals surface area contributed by atoms with E-state index in [4.69, 9.17) is 0 Å². The molecular weight excluding hydrogens is 285 g/mol. The number of rotatable bonds is 4. The summed E-state index contributed by atoms with van der Waals surface area (Å²) in [4.78, 5) is 14.8. The van der Waals surface area contributed by atoms with Crippen LogP contribution in [0.4, 0.5) is 15.8 Å². The third-order valence-corrected chi connectivity index (χ3v) is 4.93. The van der Waals surface area contributed by atoms with Crippen LogP contribution in [0.2, 0.25) is 0 Å². The minimum Gasteiger partial charge on any atom is -0.369 e. The maximum Gasteiger partial charge on any atom is 0.272 e. The van der Waals surface area contributed by atoms with E-state index >= 15 is 0 Å². The van der Waals surface area contributed by atoms with Crippen LogP contribution in [0.1, 0.15) is 31.2 Å². The van der Waals surface area contributed by atoms with E-state index in [1.807, 2.05) is 0 Å². The van der Waals surface area contributed by atoms with Crippen LogP contribution in [0.3, 0.4) is 0 Å². The predicted octanol–water partition coefficient (Wildman–Crippen LogP) is 2.97. The molecule has 2 heterocycles. The van der Waals surface area contributed by atoms with Gasteiger partial charge in [-0.3, -0.25) is 10.1 Å². The van der Waals surface area contributed by atoms with E-state index in [1.54, 1.807) is 0 Å². The zero-order chi connectivity index (χ0) is 15.7. The Balaban J connectivity index is 1.77. The number of likely N-dealkylation sites (tertiary alicyclic amines) is 1. The Morgan fingerprint density at radius 3 is 2.86 bits per heavy atom. The van der Waals surface area contributed by atoms with Gasteiger partial charge in [0.1, 0.15) is 0 Å². The average Bonchev–Trinajstić information content (AvgIpc) is 2.90. The number of benzene rings is 1. The third kappa shape index (κ3) is 2.92. The summed E-state index contributed by atoms with van der Waals surface area (Å²) in [6, 6.07) is 3.16. The summed E-state index contributed by atoms with van der Waals surface area (Å²) in [6.07, 6.45) is 5.10. The standard InChI is InChI=1S/C16H22FN3O2/c1-18-7-3-5-13(18)6-9-19-8-2-4-12-10-14(20(21)22)11-15(17)16(12)19/h10-11,13H,2-9H2,1H3. The maximum atomic E-state index is 14.4. The van der Waals surface area contributed by atoms with Crippen molar-refractivity contribution >= 4 is 11.4 Å². The first kappa shape index (κ1) is 15.2. The van der Waals surface area contributed by atoms with Crippen molar-refractivity contribution in [3.63, 3.8) is 0 Å². The molecule has 2 aliphatic rings. The van der Waals surface area contributed by atoms with Crippen molar-refractivity contribution in [2.45, 2.75) is 38.1 Å². The van der Waals surface area contributed by atoms with E-state index in [2.05, 4.69) is 16.8 Å². The molecule has 1 aromatic rings. The van der Waals surface area contributed by atoms with Gasteiger partial charge >= 0.3 is 0 Å². The number of nitrogens with zero attached hydrogens (tertiary/aromatic N) is 3. The van der Waals surface area contributed by atoms with Crippen LogP contribution < -0.4 is 4.90 Å². The highest BCUT2D eigenvalue weighted by Crippen LogP contribution is 2.34. The summed E-state index contributed by atoms with van der Waals surface area (Å²) in [7, 11) is 2.14. The Morgan fingerprint density at radius 2 is 2.18 bits per heavy atom. The van der Waals surface area contributed by atoms with Crippen LogP contribution in [0.25, 0.3) is 0 Å². The highest BCUT2D eigenvalue weighted by atomic mass is 19.1. The number of halogens is 1. The Morgan fingerprint density at radius 1 is 1.36 bits per heavy atom. The largest absolute Gasteiger partial charge is 0.369 e. The van der Waals surface area contributed by atoms with Crippen LogP contribution in [0.5, 0.6) is 0 Å². The molecule has 0 amide bonds. The molecule has 6 heteroatoms. The molecule has 0 aliphatic carbocycles. The molecule has 5 nitrogen and oxygen atoms in total. The van der Waals surface area contributed by atoms with Gasteiger partial charge in [0.25, 0.3) is 5.69 Å². The number of nitro groups is 1. The van der Waals surface area contributed by atoms with Crippen molar-refractivity contribution in [3.05, 3.63) is 33.6 Å². The number of anilines is 1. The summed E-state index contributed by atoms with van der Waals surface area (Å²) in [5.41, 5.74) is 1.21. The fourth-order valence-electron chi connectivity index (χ4n) is 3.73. The monoisotopic (exact) mass is 307 g/mol. The SMILES string of the molecule is CN1CCCC1CCN1CCCc2cc([N+](=O)[O-])cc(F)c21. The van der Waals surface area contributed by atoms with Gasteiger partial charge in [-0.2, -0.15) is 0 Å². The number of fused-ring (bicyclic) bond motifs is 1. The molecule has 0 N–H and O–H groups in total. The van der Waals surface area contributed by atoms with Gasteiger partial charge in [0.2, 0.25) is 0 Å². The van der Waals surface area contributed by atoms with Crippen LogP contribution in [-0.2, 0) is 6.42 Å². The van der Waals surface area contributed by atoms with Crippen LogP contribution in [-0.4, -0.2) is 42.5 Å². The predicted molar refractivity (Wildman–Crippen MR) is 83.9 cm³/mol. The maximum absolute atomic E-state index is 14.4. The Labute approximate surface area is 129 Å². The molecule has 120 valence electrons. The molecule has 3 rings (SSSR count). The Hall–Kier alpha value is -1.69. The Kier molecular flexibility index (Phi) is 4.29. The lowest BCUT2D eigenvalue weighted by atomic mass is 9.99. The van der Waals surface area contributed by atoms with Crippen LogP contribution in [0, 0.1) is 15.9 Å². The molecule has 0 bridgehead atoms. The molecule has 0 saturated carbocycles. The topological polar surface area (TPSA) is 49.6 Å². The molecule has 1 atom stereocenters. The smallest absolute Gasteiger partial charge is 0.272 e. The number of aryl methyl sites for hydroxylation is 1. The summed E-state index contributed by atoms with van der Waals surface area (Å²) in [5, 5.41) is 10.9. The molecule has 2 aliphatic heterocycles. The van der Waals surface area contributed by atoms with Crippen molar-refractivity contribution in [2.24, 2.45) is 0 Å². The van der Waals surface area contributed by atoms with Crippen LogP contribution >= 0.6 is 0 Å². The van der Waals surface area contributed by atoms with Crippen molar-refractivity contribution < 1.29 is 9.31 Å². The average molecular weight is 307 g/mol. The van der Waals surface area contributed by atoms with Crippen LogP contribution in [0.15, 0.2) is 12.1 Å². The zero-order valence-electron chi connectivity index (χ0n) is 12.9. The van der Waals surface area contributed by atoms with Crippen molar-refractivity contribution in [1.82, 2.24) is 4.90 Å². The quantitative estimate of drug-likeness (QED) is 0.634. The highest BCUT2D eigenvalue weighted by molar-refractivity contribution is 5.60. The fourth-order valence-corrected chi connectivity index (χ4v) is 3.73. The first-order chi connectivity index (χ1) is 10.6. The summed E-state index contributed by atoms with van der Waals surface area (Å²) in [6.45, 7) is 2.79. The summed E-state index contributed by atoms with van der Waals surface area (Å²) >= 11 is 0. The fraction of sp³-hybridized carbons (Fsp3) is 0.625. The zero-order valence-corrected chi connectivity index (χ0v) is 12.9. The normalized spacial score (nSPS) is 21.9. The third-order valence-electron chi connectivity index (χ3n) is 4.93. The molecule has 22 heavy (non-hydrogen) atoms. The second-order valence-corrected chi connectivity index (χ2v) is 6.35. The van der Waals surface area contributed by atoms with Gasteiger partial charge in [-0.1, -0.05) is 0 Å². The molecule has 0 radical (unpaired) electrons. The van der Waals surface area contributed by atoms with Crippen molar-refractivity contribution in [1.29, 1.82) is 0 Å². The molecule has 1 fully saturated rings. The first-order valence-corrected chi connectivity index (χ1v) is 7.98. The second kappa shape index (κ2) is 6.20. The van der Waals surface area contributed by atoms with E-state index in [0.29, 0.717) is 18.2 Å². The van der Waals surface area contributed by atoms with E-state index in [-0.39, 0.29) is 5.69 Å². The lowest BCUT2D eigenvalue weighted by Gasteiger charge is -2.33. The van der Waals surface area contributed by atoms with Gasteiger partial charge in [0.15, 0.2) is 5.82 Å². The number of nitro benzene ring substituents is 1.